The van der Waals surface area contributed by atoms with Gasteiger partial charge in [-0.2, -0.15) is 13.2 Å². The zero-order valence-electron chi connectivity index (χ0n) is 19.5. The highest BCUT2D eigenvalue weighted by Crippen LogP contribution is 2.38. The van der Waals surface area contributed by atoms with Crippen molar-refractivity contribution in [3.8, 4) is 17.2 Å². The smallest absolute Gasteiger partial charge is 0.449 e. The fourth-order valence-electron chi connectivity index (χ4n) is 2.87. The van der Waals surface area contributed by atoms with E-state index < -0.39 is 52.4 Å². The number of hydrogen-bond donors (Lipinski definition) is 1. The Kier molecular flexibility index (Phi) is 7.86. The summed E-state index contributed by atoms with van der Waals surface area (Å²) in [5, 5.41) is 2.07. The van der Waals surface area contributed by atoms with Crippen LogP contribution < -0.4 is 20.2 Å². The summed E-state index contributed by atoms with van der Waals surface area (Å²) >= 11 is 2.01. The lowest BCUT2D eigenvalue weighted by atomic mass is 10.2. The van der Waals surface area contributed by atoms with Crippen LogP contribution in [0.25, 0.3) is 11.0 Å². The fourth-order valence-corrected chi connectivity index (χ4v) is 3.23. The number of alkyl carbamates (subject to hydrolysis) is 1. The largest absolute Gasteiger partial charge is 0.453 e. The number of esters is 1. The molecule has 12 heteroatoms. The van der Waals surface area contributed by atoms with E-state index >= 15 is 0 Å². The first-order valence-electron chi connectivity index (χ1n) is 10.5. The van der Waals surface area contributed by atoms with Gasteiger partial charge in [-0.1, -0.05) is 0 Å². The molecule has 1 N–H and O–H groups in total. The Morgan fingerprint density at radius 3 is 2.22 bits per heavy atom. The molecule has 0 saturated heterocycles. The number of rotatable bonds is 5. The van der Waals surface area contributed by atoms with Gasteiger partial charge in [0.15, 0.2) is 0 Å². The molecule has 0 fully saturated rings. The van der Waals surface area contributed by atoms with Gasteiger partial charge in [-0.3, -0.25) is 4.79 Å². The van der Waals surface area contributed by atoms with Crippen LogP contribution in [-0.2, 0) is 15.7 Å². The van der Waals surface area contributed by atoms with Crippen LogP contribution in [0.1, 0.15) is 33.5 Å². The summed E-state index contributed by atoms with van der Waals surface area (Å²) in [7, 11) is 0. The molecule has 0 saturated carbocycles. The monoisotopic (exact) mass is 619 g/mol. The van der Waals surface area contributed by atoms with Gasteiger partial charge in [0.25, 0.3) is 5.76 Å². The van der Waals surface area contributed by atoms with Crippen molar-refractivity contribution in [1.82, 2.24) is 5.32 Å². The quantitative estimate of drug-likeness (QED) is 0.212. The first kappa shape index (κ1) is 27.3. The standard InChI is InChI=1S/C24H21F3INO7/c1-12(29-22(32)36-23(2,3)4)21(31)34-15-9-10-16-17(11-15)35-20(24(25,26)27)19(18(16)30)33-14-7-5-13(28)6-8-14/h5-12H,1-4H3,(H,29,32)/t12-/m0/s1. The zero-order chi connectivity index (χ0) is 26.8. The molecule has 1 atom stereocenters. The number of amides is 1. The molecule has 192 valence electrons. The van der Waals surface area contributed by atoms with Gasteiger partial charge < -0.3 is 23.9 Å². The predicted octanol–water partition coefficient (Wildman–Crippen LogP) is 6.03. The van der Waals surface area contributed by atoms with Crippen LogP contribution in [0.15, 0.2) is 51.7 Å². The maximum absolute atomic E-state index is 13.7. The highest BCUT2D eigenvalue weighted by Gasteiger charge is 2.40. The number of carbonyl (C=O) groups is 2. The Morgan fingerprint density at radius 1 is 1.03 bits per heavy atom. The lowest BCUT2D eigenvalue weighted by Crippen LogP contribution is -2.43. The van der Waals surface area contributed by atoms with Crippen LogP contribution in [0.3, 0.4) is 0 Å². The van der Waals surface area contributed by atoms with E-state index in [1.807, 2.05) is 22.6 Å². The number of alkyl halides is 3. The summed E-state index contributed by atoms with van der Waals surface area (Å²) in [4.78, 5) is 37.1. The molecular weight excluding hydrogens is 598 g/mol. The molecule has 0 radical (unpaired) electrons. The zero-order valence-corrected chi connectivity index (χ0v) is 21.6. The Bertz CT molecular complexity index is 1350. The van der Waals surface area contributed by atoms with Gasteiger partial charge in [0.05, 0.1) is 5.39 Å². The highest BCUT2D eigenvalue weighted by molar-refractivity contribution is 14.1. The molecule has 1 heterocycles. The number of benzene rings is 2. The maximum Gasteiger partial charge on any atom is 0.453 e. The van der Waals surface area contributed by atoms with Gasteiger partial charge in [-0.05, 0) is 86.7 Å². The van der Waals surface area contributed by atoms with E-state index in [1.54, 1.807) is 32.9 Å². The summed E-state index contributed by atoms with van der Waals surface area (Å²) < 4.78 is 62.5. The molecule has 8 nitrogen and oxygen atoms in total. The molecule has 0 aliphatic heterocycles. The SMILES string of the molecule is C[C@H](NC(=O)OC(C)(C)C)C(=O)Oc1ccc2c(=O)c(Oc3ccc(I)cc3)c(C(F)(F)F)oc2c1. The highest BCUT2D eigenvalue weighted by atomic mass is 127. The minimum atomic E-state index is -5.05. The number of hydrogen-bond acceptors (Lipinski definition) is 7. The minimum absolute atomic E-state index is 0.0181. The third-order valence-electron chi connectivity index (χ3n) is 4.42. The first-order chi connectivity index (χ1) is 16.6. The van der Waals surface area contributed by atoms with E-state index in [0.717, 1.165) is 15.7 Å². The van der Waals surface area contributed by atoms with E-state index in [9.17, 15) is 27.6 Å². The van der Waals surface area contributed by atoms with Crippen molar-refractivity contribution < 1.29 is 41.4 Å². The van der Waals surface area contributed by atoms with Crippen molar-refractivity contribution in [2.24, 2.45) is 0 Å². The molecule has 0 bridgehead atoms. The van der Waals surface area contributed by atoms with Crippen LogP contribution in [0.4, 0.5) is 18.0 Å². The topological polar surface area (TPSA) is 104 Å². The third-order valence-corrected chi connectivity index (χ3v) is 5.14. The second-order valence-corrected chi connectivity index (χ2v) is 9.84. The normalized spacial score (nSPS) is 12.7. The van der Waals surface area contributed by atoms with Gasteiger partial charge >= 0.3 is 18.2 Å². The van der Waals surface area contributed by atoms with Crippen molar-refractivity contribution in [3.63, 3.8) is 0 Å². The molecule has 3 rings (SSSR count). The van der Waals surface area contributed by atoms with E-state index in [1.165, 1.54) is 25.1 Å². The maximum atomic E-state index is 13.7. The minimum Gasteiger partial charge on any atom is -0.449 e. The van der Waals surface area contributed by atoms with Gasteiger partial charge in [0.2, 0.25) is 11.2 Å². The Morgan fingerprint density at radius 2 is 1.64 bits per heavy atom. The molecule has 0 spiro atoms. The van der Waals surface area contributed by atoms with E-state index in [0.29, 0.717) is 0 Å². The summed E-state index contributed by atoms with van der Waals surface area (Å²) in [6.45, 7) is 6.27. The first-order valence-corrected chi connectivity index (χ1v) is 11.5. The molecule has 1 amide bonds. The van der Waals surface area contributed by atoms with Crippen LogP contribution in [-0.4, -0.2) is 23.7 Å². The van der Waals surface area contributed by atoms with Crippen LogP contribution in [0.5, 0.6) is 17.2 Å². The summed E-state index contributed by atoms with van der Waals surface area (Å²) in [6.07, 6.45) is -5.91. The van der Waals surface area contributed by atoms with Gasteiger partial charge in [-0.15, -0.1) is 0 Å². The fraction of sp³-hybridized carbons (Fsp3) is 0.292. The Balaban J connectivity index is 1.90. The third kappa shape index (κ3) is 6.89. The van der Waals surface area contributed by atoms with Gasteiger partial charge in [-0.25, -0.2) is 9.59 Å². The van der Waals surface area contributed by atoms with Crippen LogP contribution >= 0.6 is 22.6 Å². The van der Waals surface area contributed by atoms with E-state index in [2.05, 4.69) is 5.32 Å². The molecule has 3 aromatic rings. The number of ether oxygens (including phenoxy) is 3. The number of nitrogens with one attached hydrogen (secondary N) is 1. The molecule has 1 aromatic heterocycles. The lowest BCUT2D eigenvalue weighted by Gasteiger charge is -2.21. The van der Waals surface area contributed by atoms with Gasteiger partial charge in [0, 0.05) is 9.64 Å². The number of fused-ring (bicyclic) bond motifs is 1. The van der Waals surface area contributed by atoms with Crippen molar-refractivity contribution in [3.05, 3.63) is 62.0 Å². The summed E-state index contributed by atoms with van der Waals surface area (Å²) in [6, 6.07) is 8.23. The van der Waals surface area contributed by atoms with Crippen molar-refractivity contribution in [2.45, 2.75) is 45.5 Å². The average Bonchev–Trinajstić information content (AvgIpc) is 2.74. The van der Waals surface area contributed by atoms with Gasteiger partial charge in [0.1, 0.15) is 28.7 Å². The predicted molar refractivity (Wildman–Crippen MR) is 131 cm³/mol. The molecule has 2 aromatic carbocycles. The van der Waals surface area contributed by atoms with Crippen LogP contribution in [0.2, 0.25) is 0 Å². The molecule has 0 aliphatic carbocycles. The molecule has 0 unspecified atom stereocenters. The van der Waals surface area contributed by atoms with E-state index in [-0.39, 0.29) is 16.9 Å². The lowest BCUT2D eigenvalue weighted by molar-refractivity contribution is -0.154. The van der Waals surface area contributed by atoms with Crippen LogP contribution in [0, 0.1) is 3.57 Å². The van der Waals surface area contributed by atoms with Crippen molar-refractivity contribution >= 4 is 45.6 Å². The Labute approximate surface area is 216 Å². The average molecular weight is 619 g/mol. The number of carbonyl (C=O) groups excluding carboxylic acids is 2. The molecule has 0 aliphatic rings. The van der Waals surface area contributed by atoms with E-state index in [4.69, 9.17) is 18.6 Å². The Hall–Kier alpha value is -3.29. The second kappa shape index (κ2) is 10.4. The molecular formula is C24H21F3INO7. The van der Waals surface area contributed by atoms with Crippen molar-refractivity contribution in [1.29, 1.82) is 0 Å². The summed E-state index contributed by atoms with van der Waals surface area (Å²) in [5.74, 6) is -3.76. The molecule has 36 heavy (non-hydrogen) atoms. The second-order valence-electron chi connectivity index (χ2n) is 8.59. The number of halogens is 4. The summed E-state index contributed by atoms with van der Waals surface area (Å²) in [5.41, 5.74) is -2.32. The van der Waals surface area contributed by atoms with Crippen molar-refractivity contribution in [2.75, 3.05) is 0 Å².